The van der Waals surface area contributed by atoms with Gasteiger partial charge in [0, 0.05) is 22.3 Å². The van der Waals surface area contributed by atoms with Crippen LogP contribution < -0.4 is 18.9 Å². The third kappa shape index (κ3) is 8.57. The zero-order valence-corrected chi connectivity index (χ0v) is 33.2. The molecule has 8 aromatic carbocycles. The monoisotopic (exact) mass is 792 g/mol. The average Bonchev–Trinajstić information content (AvgIpc) is 3.30. The summed E-state index contributed by atoms with van der Waals surface area (Å²) in [6.07, 6.45) is 0. The van der Waals surface area contributed by atoms with Gasteiger partial charge in [0.25, 0.3) is 0 Å². The van der Waals surface area contributed by atoms with Crippen molar-refractivity contribution < 1.29 is 28.4 Å². The molecule has 0 unspecified atom stereocenters. The summed E-state index contributed by atoms with van der Waals surface area (Å²) in [6.45, 7) is 2.64. The Balaban J connectivity index is 1.16. The van der Waals surface area contributed by atoms with Crippen molar-refractivity contribution in [1.82, 2.24) is 0 Å². The van der Waals surface area contributed by atoms with Crippen LogP contribution in [-0.4, -0.2) is 52.9 Å². The van der Waals surface area contributed by atoms with Gasteiger partial charge in [-0.05, 0) is 69.1 Å². The summed E-state index contributed by atoms with van der Waals surface area (Å²) < 4.78 is 38.5. The SMILES string of the molecule is c1ccc(-c2cc3ccccc3c3c2OCCOCCOc2ccccc2N=Nc2ccccc2OCCOCCOc2c(-c4ccccc4)cc4ccccc4c2-3)cc1. The smallest absolute Gasteiger partial charge is 0.146 e. The van der Waals surface area contributed by atoms with E-state index >= 15 is 0 Å². The molecule has 60 heavy (non-hydrogen) atoms. The highest BCUT2D eigenvalue weighted by Gasteiger charge is 2.26. The summed E-state index contributed by atoms with van der Waals surface area (Å²) >= 11 is 0. The summed E-state index contributed by atoms with van der Waals surface area (Å²) in [5, 5.41) is 13.3. The zero-order valence-electron chi connectivity index (χ0n) is 33.2. The molecule has 0 radical (unpaired) electrons. The fraction of sp³-hybridized carbons (Fsp3) is 0.154. The average molecular weight is 793 g/mol. The first-order chi connectivity index (χ1) is 29.8. The Labute approximate surface area is 349 Å². The van der Waals surface area contributed by atoms with E-state index in [1.165, 1.54) is 0 Å². The normalized spacial score (nSPS) is 14.1. The second-order valence-electron chi connectivity index (χ2n) is 14.2. The van der Waals surface area contributed by atoms with Gasteiger partial charge in [0.05, 0.1) is 26.4 Å². The Morgan fingerprint density at radius 1 is 0.333 bits per heavy atom. The molecule has 1 aliphatic heterocycles. The van der Waals surface area contributed by atoms with Crippen LogP contribution in [0.1, 0.15) is 0 Å². The first-order valence-electron chi connectivity index (χ1n) is 20.3. The van der Waals surface area contributed by atoms with E-state index in [4.69, 9.17) is 28.4 Å². The number of hydrogen-bond acceptors (Lipinski definition) is 8. The van der Waals surface area contributed by atoms with Crippen LogP contribution in [0.15, 0.2) is 180 Å². The molecule has 9 rings (SSSR count). The minimum absolute atomic E-state index is 0.303. The van der Waals surface area contributed by atoms with Crippen molar-refractivity contribution in [2.24, 2.45) is 10.2 Å². The van der Waals surface area contributed by atoms with Crippen LogP contribution in [0.5, 0.6) is 23.0 Å². The molecule has 8 nitrogen and oxygen atoms in total. The third-order valence-corrected chi connectivity index (χ3v) is 10.3. The fourth-order valence-corrected chi connectivity index (χ4v) is 7.58. The van der Waals surface area contributed by atoms with Gasteiger partial charge >= 0.3 is 0 Å². The fourth-order valence-electron chi connectivity index (χ4n) is 7.58. The number of rotatable bonds is 2. The van der Waals surface area contributed by atoms with E-state index in [1.54, 1.807) is 0 Å². The van der Waals surface area contributed by atoms with Gasteiger partial charge in [-0.3, -0.25) is 0 Å². The highest BCUT2D eigenvalue weighted by atomic mass is 16.6. The number of azo groups is 1. The van der Waals surface area contributed by atoms with Crippen LogP contribution >= 0.6 is 0 Å². The van der Waals surface area contributed by atoms with Crippen LogP contribution in [0, 0.1) is 0 Å². The number of hydrogen-bond donors (Lipinski definition) is 0. The largest absolute Gasteiger partial charge is 0.490 e. The Hall–Kier alpha value is -7.00. The van der Waals surface area contributed by atoms with Gasteiger partial charge in [0.15, 0.2) is 0 Å². The second-order valence-corrected chi connectivity index (χ2v) is 14.2. The van der Waals surface area contributed by atoms with E-state index in [0.29, 0.717) is 75.7 Å². The van der Waals surface area contributed by atoms with Gasteiger partial charge < -0.3 is 28.4 Å². The highest BCUT2D eigenvalue weighted by Crippen LogP contribution is 2.52. The lowest BCUT2D eigenvalue weighted by molar-refractivity contribution is 0.0764. The highest BCUT2D eigenvalue weighted by molar-refractivity contribution is 6.14. The molecule has 0 aliphatic carbocycles. The summed E-state index contributed by atoms with van der Waals surface area (Å²) in [6, 6.07) is 57.4. The Kier molecular flexibility index (Phi) is 12.0. The molecule has 8 heteroatoms. The third-order valence-electron chi connectivity index (χ3n) is 10.3. The van der Waals surface area contributed by atoms with Crippen molar-refractivity contribution in [3.8, 4) is 56.4 Å². The summed E-state index contributed by atoms with van der Waals surface area (Å²) in [5.74, 6) is 2.72. The lowest BCUT2D eigenvalue weighted by atomic mass is 9.86. The maximum absolute atomic E-state index is 6.97. The quantitative estimate of drug-likeness (QED) is 0.173. The van der Waals surface area contributed by atoms with Gasteiger partial charge in [-0.25, -0.2) is 0 Å². The summed E-state index contributed by atoms with van der Waals surface area (Å²) in [5.41, 5.74) is 7.15. The maximum Gasteiger partial charge on any atom is 0.146 e. The van der Waals surface area contributed by atoms with Gasteiger partial charge in [-0.15, -0.1) is 10.2 Å². The molecule has 0 aromatic heterocycles. The van der Waals surface area contributed by atoms with E-state index < -0.39 is 0 Å². The number of benzene rings is 8. The molecule has 1 heterocycles. The number of fused-ring (bicyclic) bond motifs is 9. The topological polar surface area (TPSA) is 80.1 Å². The molecular weight excluding hydrogens is 749 g/mol. The van der Waals surface area contributed by atoms with Gasteiger partial charge in [-0.2, -0.15) is 0 Å². The van der Waals surface area contributed by atoms with Crippen LogP contribution in [0.3, 0.4) is 0 Å². The summed E-state index contributed by atoms with van der Waals surface area (Å²) in [7, 11) is 0. The lowest BCUT2D eigenvalue weighted by Gasteiger charge is -2.24. The van der Waals surface area contributed by atoms with E-state index in [1.807, 2.05) is 60.7 Å². The second kappa shape index (κ2) is 18.7. The first kappa shape index (κ1) is 38.5. The first-order valence-corrected chi connectivity index (χ1v) is 20.3. The molecule has 0 amide bonds. The van der Waals surface area contributed by atoms with Gasteiger partial charge in [0.2, 0.25) is 0 Å². The molecule has 0 atom stereocenters. The molecule has 0 fully saturated rings. The van der Waals surface area contributed by atoms with Crippen molar-refractivity contribution in [1.29, 1.82) is 0 Å². The van der Waals surface area contributed by atoms with E-state index in [-0.39, 0.29) is 0 Å². The minimum Gasteiger partial charge on any atom is -0.490 e. The maximum atomic E-state index is 6.97. The molecule has 0 spiro atoms. The van der Waals surface area contributed by atoms with Crippen LogP contribution in [0.25, 0.3) is 54.9 Å². The zero-order chi connectivity index (χ0) is 40.4. The van der Waals surface area contributed by atoms with Crippen LogP contribution in [-0.2, 0) is 9.47 Å². The molecule has 0 N–H and O–H groups in total. The van der Waals surface area contributed by atoms with Crippen LogP contribution in [0.4, 0.5) is 11.4 Å². The summed E-state index contributed by atoms with van der Waals surface area (Å²) in [4.78, 5) is 0. The molecule has 0 saturated heterocycles. The van der Waals surface area contributed by atoms with Crippen LogP contribution in [0.2, 0.25) is 0 Å². The number of ether oxygens (including phenoxy) is 6. The molecule has 0 saturated carbocycles. The van der Waals surface area contributed by atoms with Crippen molar-refractivity contribution >= 4 is 32.9 Å². The lowest BCUT2D eigenvalue weighted by Crippen LogP contribution is -2.14. The van der Waals surface area contributed by atoms with E-state index in [0.717, 1.165) is 66.4 Å². The van der Waals surface area contributed by atoms with Gasteiger partial charge in [0.1, 0.15) is 60.8 Å². The van der Waals surface area contributed by atoms with Gasteiger partial charge in [-0.1, -0.05) is 133 Å². The standard InChI is InChI=1S/C52H44N2O6/c1-3-15-37(16-4-1)43-35-39-19-7-9-21-41(39)49-50-42-22-10-8-20-40(42)36-44(38-17-5-2-6-18-38)52(50)60-34-30-56-28-32-58-48-26-14-12-24-46(48)54-53-45-23-11-13-25-47(45)57-31-27-55-29-33-59-51(43)49/h1-26,35-36H,27-34H2. The van der Waals surface area contributed by atoms with E-state index in [2.05, 4.69) is 119 Å². The predicted molar refractivity (Wildman–Crippen MR) is 238 cm³/mol. The molecule has 1 aliphatic rings. The minimum atomic E-state index is 0.303. The molecule has 8 aromatic rings. The number of para-hydroxylation sites is 2. The van der Waals surface area contributed by atoms with Crippen molar-refractivity contribution in [3.63, 3.8) is 0 Å². The van der Waals surface area contributed by atoms with E-state index in [9.17, 15) is 0 Å². The predicted octanol–water partition coefficient (Wildman–Crippen LogP) is 12.7. The Morgan fingerprint density at radius 2 is 0.700 bits per heavy atom. The Morgan fingerprint density at radius 3 is 1.15 bits per heavy atom. The molecular formula is C52H44N2O6. The van der Waals surface area contributed by atoms with Crippen molar-refractivity contribution in [3.05, 3.63) is 170 Å². The Bertz CT molecular complexity index is 2550. The molecule has 298 valence electrons. The number of nitrogens with zero attached hydrogens (tertiary/aromatic N) is 2. The van der Waals surface area contributed by atoms with Crippen molar-refractivity contribution in [2.45, 2.75) is 0 Å². The van der Waals surface area contributed by atoms with Crippen molar-refractivity contribution in [2.75, 3.05) is 52.9 Å². The molecule has 0 bridgehead atoms.